The Labute approximate surface area is 172 Å². The highest BCUT2D eigenvalue weighted by Gasteiger charge is 2.20. The Morgan fingerprint density at radius 2 is 1.77 bits per heavy atom. The summed E-state index contributed by atoms with van der Waals surface area (Å²) in [4.78, 5) is 14.6. The molecule has 2 aliphatic heterocycles. The van der Waals surface area contributed by atoms with Crippen molar-refractivity contribution >= 4 is 17.8 Å². The number of amides is 1. The lowest BCUT2D eigenvalue weighted by atomic mass is 10.1. The van der Waals surface area contributed by atoms with Crippen molar-refractivity contribution in [3.8, 4) is 11.5 Å². The fraction of sp³-hybridized carbons (Fsp3) is 0.130. The number of nitrogens with one attached hydrogen (secondary N) is 1. The molecule has 1 amide bonds. The number of benzene rings is 3. The molecule has 0 bridgehead atoms. The zero-order chi connectivity index (χ0) is 20.5. The highest BCUT2D eigenvalue weighted by Crippen LogP contribution is 2.32. The minimum atomic E-state index is -0.282. The van der Waals surface area contributed by atoms with Crippen LogP contribution in [0.5, 0.6) is 11.5 Å². The third kappa shape index (κ3) is 3.57. The Bertz CT molecular complexity index is 1140. The molecule has 0 aromatic heterocycles. The first kappa shape index (κ1) is 18.2. The number of hydrogen-bond acceptors (Lipinski definition) is 5. The van der Waals surface area contributed by atoms with Crippen molar-refractivity contribution in [2.24, 2.45) is 5.10 Å². The molecule has 5 rings (SSSR count). The van der Waals surface area contributed by atoms with Gasteiger partial charge in [0.2, 0.25) is 6.79 Å². The minimum absolute atomic E-state index is 0.212. The second-order valence-electron chi connectivity index (χ2n) is 7.13. The van der Waals surface area contributed by atoms with Crippen LogP contribution in [0.1, 0.15) is 27.0 Å². The van der Waals surface area contributed by atoms with Crippen molar-refractivity contribution in [2.75, 3.05) is 11.7 Å². The van der Waals surface area contributed by atoms with Crippen LogP contribution in [0, 0.1) is 5.82 Å². The molecular weight excluding hydrogens is 385 g/mol. The molecule has 0 fully saturated rings. The Balaban J connectivity index is 1.24. The van der Waals surface area contributed by atoms with Crippen molar-refractivity contribution in [3.63, 3.8) is 0 Å². The molecular formula is C23H18FN3O3. The Hall–Kier alpha value is -3.87. The third-order valence-corrected chi connectivity index (χ3v) is 5.16. The molecule has 0 saturated heterocycles. The van der Waals surface area contributed by atoms with Gasteiger partial charge in [-0.25, -0.2) is 9.82 Å². The Kier molecular flexibility index (Phi) is 4.55. The number of carbonyl (C=O) groups excluding carboxylic acids is 1. The van der Waals surface area contributed by atoms with Crippen molar-refractivity contribution < 1.29 is 18.7 Å². The first-order valence-electron chi connectivity index (χ1n) is 9.51. The van der Waals surface area contributed by atoms with E-state index in [9.17, 15) is 9.18 Å². The normalized spacial score (nSPS) is 14.2. The fourth-order valence-electron chi connectivity index (χ4n) is 3.59. The van der Waals surface area contributed by atoms with Crippen LogP contribution in [-0.4, -0.2) is 18.9 Å². The molecule has 6 nitrogen and oxygen atoms in total. The lowest BCUT2D eigenvalue weighted by molar-refractivity contribution is 0.0955. The lowest BCUT2D eigenvalue weighted by Crippen LogP contribution is -2.17. The topological polar surface area (TPSA) is 63.2 Å². The first-order chi connectivity index (χ1) is 14.7. The molecule has 1 N–H and O–H groups in total. The Morgan fingerprint density at radius 3 is 2.63 bits per heavy atom. The number of nitrogens with zero attached hydrogens (tertiary/aromatic N) is 2. The smallest absolute Gasteiger partial charge is 0.271 e. The van der Waals surface area contributed by atoms with E-state index >= 15 is 0 Å². The number of ether oxygens (including phenoxy) is 2. The number of hydrogen-bond donors (Lipinski definition) is 1. The summed E-state index contributed by atoms with van der Waals surface area (Å²) in [6.07, 6.45) is 1.56. The zero-order valence-corrected chi connectivity index (χ0v) is 16.0. The number of carbonyl (C=O) groups is 1. The van der Waals surface area contributed by atoms with Gasteiger partial charge in [0, 0.05) is 24.3 Å². The molecule has 0 saturated carbocycles. The minimum Gasteiger partial charge on any atom is -0.454 e. The molecule has 0 aliphatic carbocycles. The molecule has 3 aromatic rings. The maximum atomic E-state index is 13.2. The molecule has 3 aromatic carbocycles. The van der Waals surface area contributed by atoms with Crippen molar-refractivity contribution in [2.45, 2.75) is 13.1 Å². The zero-order valence-electron chi connectivity index (χ0n) is 16.0. The molecule has 2 aliphatic rings. The van der Waals surface area contributed by atoms with E-state index in [4.69, 9.17) is 9.47 Å². The van der Waals surface area contributed by atoms with Crippen LogP contribution >= 0.6 is 0 Å². The third-order valence-electron chi connectivity index (χ3n) is 5.16. The van der Waals surface area contributed by atoms with E-state index in [2.05, 4.69) is 15.4 Å². The van der Waals surface area contributed by atoms with Crippen LogP contribution in [0.2, 0.25) is 0 Å². The van der Waals surface area contributed by atoms with Crippen LogP contribution < -0.4 is 19.8 Å². The molecule has 0 spiro atoms. The summed E-state index contributed by atoms with van der Waals surface area (Å²) in [6.45, 7) is 1.61. The van der Waals surface area contributed by atoms with Gasteiger partial charge in [-0.3, -0.25) is 4.79 Å². The van der Waals surface area contributed by atoms with Gasteiger partial charge in [0.15, 0.2) is 11.5 Å². The standard InChI is InChI=1S/C23H18FN3O3/c24-19-4-6-20(7-5-19)27-12-17-3-2-16(10-18(17)13-27)23(28)26-25-11-15-1-8-21-22(9-15)30-14-29-21/h1-11H,12-14H2,(H,26,28)/b25-11+. The second kappa shape index (κ2) is 7.51. The summed E-state index contributed by atoms with van der Waals surface area (Å²) >= 11 is 0. The van der Waals surface area contributed by atoms with Crippen LogP contribution in [0.3, 0.4) is 0 Å². The summed E-state index contributed by atoms with van der Waals surface area (Å²) in [6, 6.07) is 17.5. The maximum Gasteiger partial charge on any atom is 0.271 e. The summed E-state index contributed by atoms with van der Waals surface area (Å²) in [5.74, 6) is 0.823. The van der Waals surface area contributed by atoms with Gasteiger partial charge < -0.3 is 14.4 Å². The first-order valence-corrected chi connectivity index (χ1v) is 9.51. The quantitative estimate of drug-likeness (QED) is 0.531. The SMILES string of the molecule is O=C(N/N=C/c1ccc2c(c1)OCO2)c1ccc2c(c1)CN(c1ccc(F)cc1)C2. The molecule has 0 atom stereocenters. The lowest BCUT2D eigenvalue weighted by Gasteiger charge is -2.17. The predicted octanol–water partition coefficient (Wildman–Crippen LogP) is 3.84. The van der Waals surface area contributed by atoms with Crippen molar-refractivity contribution in [3.05, 3.63) is 88.7 Å². The highest BCUT2D eigenvalue weighted by molar-refractivity contribution is 5.95. The molecule has 0 unspecified atom stereocenters. The van der Waals surface area contributed by atoms with Crippen LogP contribution in [0.15, 0.2) is 65.8 Å². The van der Waals surface area contributed by atoms with Gasteiger partial charge in [-0.05, 0) is 71.3 Å². The van der Waals surface area contributed by atoms with Gasteiger partial charge >= 0.3 is 0 Å². The number of halogens is 1. The van der Waals surface area contributed by atoms with Gasteiger partial charge in [0.25, 0.3) is 5.91 Å². The van der Waals surface area contributed by atoms with E-state index in [0.717, 1.165) is 28.9 Å². The van der Waals surface area contributed by atoms with E-state index in [1.807, 2.05) is 18.2 Å². The molecule has 150 valence electrons. The molecule has 0 radical (unpaired) electrons. The van der Waals surface area contributed by atoms with E-state index in [0.29, 0.717) is 23.6 Å². The van der Waals surface area contributed by atoms with Gasteiger partial charge in [0.1, 0.15) is 5.82 Å². The van der Waals surface area contributed by atoms with Crippen molar-refractivity contribution in [1.29, 1.82) is 0 Å². The van der Waals surface area contributed by atoms with Crippen LogP contribution in [-0.2, 0) is 13.1 Å². The number of fused-ring (bicyclic) bond motifs is 2. The second-order valence-corrected chi connectivity index (χ2v) is 7.13. The van der Waals surface area contributed by atoms with Gasteiger partial charge in [-0.15, -0.1) is 0 Å². The maximum absolute atomic E-state index is 13.2. The van der Waals surface area contributed by atoms with Crippen molar-refractivity contribution in [1.82, 2.24) is 5.43 Å². The summed E-state index contributed by atoms with van der Waals surface area (Å²) < 4.78 is 23.8. The number of rotatable bonds is 4. The van der Waals surface area contributed by atoms with E-state index in [-0.39, 0.29) is 18.5 Å². The van der Waals surface area contributed by atoms with Crippen LogP contribution in [0.4, 0.5) is 10.1 Å². The average molecular weight is 403 g/mol. The fourth-order valence-corrected chi connectivity index (χ4v) is 3.59. The highest BCUT2D eigenvalue weighted by atomic mass is 19.1. The van der Waals surface area contributed by atoms with Gasteiger partial charge in [0.05, 0.1) is 6.21 Å². The van der Waals surface area contributed by atoms with Gasteiger partial charge in [-0.1, -0.05) is 6.07 Å². The predicted molar refractivity (Wildman–Crippen MR) is 110 cm³/mol. The molecule has 2 heterocycles. The van der Waals surface area contributed by atoms with E-state index in [1.165, 1.54) is 12.1 Å². The summed E-state index contributed by atoms with van der Waals surface area (Å²) in [7, 11) is 0. The van der Waals surface area contributed by atoms with E-state index in [1.54, 1.807) is 36.5 Å². The summed E-state index contributed by atoms with van der Waals surface area (Å²) in [5, 5.41) is 4.04. The van der Waals surface area contributed by atoms with Crippen LogP contribution in [0.25, 0.3) is 0 Å². The largest absolute Gasteiger partial charge is 0.454 e. The monoisotopic (exact) mass is 403 g/mol. The average Bonchev–Trinajstić information content (AvgIpc) is 3.40. The Morgan fingerprint density at radius 1 is 0.967 bits per heavy atom. The molecule has 30 heavy (non-hydrogen) atoms. The number of hydrazone groups is 1. The molecule has 7 heteroatoms. The van der Waals surface area contributed by atoms with Gasteiger partial charge in [-0.2, -0.15) is 5.10 Å². The number of anilines is 1. The summed E-state index contributed by atoms with van der Waals surface area (Å²) in [5.41, 5.74) is 7.07. The van der Waals surface area contributed by atoms with E-state index < -0.39 is 0 Å².